The van der Waals surface area contributed by atoms with Crippen LogP contribution in [0.3, 0.4) is 0 Å². The van der Waals surface area contributed by atoms with Gasteiger partial charge in [0.15, 0.2) is 0 Å². The van der Waals surface area contributed by atoms with E-state index in [4.69, 9.17) is 10.2 Å². The number of carbonyl (C=O) groups is 3. The molecule has 0 aromatic rings. The second-order valence-electron chi connectivity index (χ2n) is 2.88. The minimum absolute atomic E-state index is 0.0935. The van der Waals surface area contributed by atoms with Crippen LogP contribution in [-0.2, 0) is 14.3 Å². The lowest BCUT2D eigenvalue weighted by atomic mass is 10.3. The van der Waals surface area contributed by atoms with Crippen molar-refractivity contribution in [2.75, 3.05) is 6.61 Å². The molecule has 0 saturated heterocycles. The third-order valence-corrected chi connectivity index (χ3v) is 1.53. The normalized spacial score (nSPS) is 11.3. The zero-order chi connectivity index (χ0) is 13.4. The number of rotatable bonds is 5. The maximum absolute atomic E-state index is 11.3. The number of hydrogen-bond donors (Lipinski definition) is 2. The van der Waals surface area contributed by atoms with E-state index >= 15 is 0 Å². The molecule has 0 aromatic heterocycles. The molecule has 7 nitrogen and oxygen atoms in total. The van der Waals surface area contributed by atoms with E-state index in [9.17, 15) is 14.4 Å². The summed E-state index contributed by atoms with van der Waals surface area (Å²) in [4.78, 5) is 33.0. The topological polar surface area (TPSA) is 104 Å². The Kier molecular flexibility index (Phi) is 6.09. The molecule has 2 N–H and O–H groups in total. The number of carbonyl (C=O) groups excluding carboxylic acids is 1. The summed E-state index contributed by atoms with van der Waals surface area (Å²) >= 11 is 0. The van der Waals surface area contributed by atoms with Gasteiger partial charge in [0.25, 0.3) is 0 Å². The van der Waals surface area contributed by atoms with Crippen molar-refractivity contribution < 1.29 is 29.3 Å². The highest BCUT2D eigenvalue weighted by Gasteiger charge is 2.11. The third kappa shape index (κ3) is 5.98. The lowest BCUT2D eigenvalue weighted by Gasteiger charge is -2.13. The first-order chi connectivity index (χ1) is 7.88. The first kappa shape index (κ1) is 14.7. The molecule has 0 aliphatic heterocycles. The van der Waals surface area contributed by atoms with Gasteiger partial charge in [-0.2, -0.15) is 0 Å². The standard InChI is InChI=1S/C10H13NO6/c1-3-17-10(16)11(5-4-8(12)13)6-7(2)9(14)15/h4-6H,3H2,1-2H3,(H,12,13)(H,14,15). The van der Waals surface area contributed by atoms with Crippen LogP contribution in [0.25, 0.3) is 0 Å². The number of ether oxygens (including phenoxy) is 1. The zero-order valence-corrected chi connectivity index (χ0v) is 9.41. The highest BCUT2D eigenvalue weighted by atomic mass is 16.6. The van der Waals surface area contributed by atoms with E-state index in [1.807, 2.05) is 0 Å². The van der Waals surface area contributed by atoms with Crippen molar-refractivity contribution in [2.24, 2.45) is 0 Å². The molecule has 1 amide bonds. The minimum Gasteiger partial charge on any atom is -0.478 e. The monoisotopic (exact) mass is 243 g/mol. The van der Waals surface area contributed by atoms with Crippen molar-refractivity contribution >= 4 is 18.0 Å². The van der Waals surface area contributed by atoms with Gasteiger partial charge in [-0.1, -0.05) is 0 Å². The molecule has 0 bridgehead atoms. The zero-order valence-electron chi connectivity index (χ0n) is 9.41. The number of nitrogens with zero attached hydrogens (tertiary/aromatic N) is 1. The molecule has 0 spiro atoms. The molecule has 7 heteroatoms. The number of hydrogen-bond acceptors (Lipinski definition) is 4. The molecule has 0 atom stereocenters. The fraction of sp³-hybridized carbons (Fsp3) is 0.300. The van der Waals surface area contributed by atoms with Crippen LogP contribution in [-0.4, -0.2) is 39.8 Å². The van der Waals surface area contributed by atoms with Gasteiger partial charge in [-0.3, -0.25) is 4.90 Å². The van der Waals surface area contributed by atoms with Gasteiger partial charge in [-0.25, -0.2) is 14.4 Å². The molecule has 0 heterocycles. The number of carboxylic acids is 2. The summed E-state index contributed by atoms with van der Waals surface area (Å²) < 4.78 is 4.62. The predicted molar refractivity (Wildman–Crippen MR) is 57.0 cm³/mol. The van der Waals surface area contributed by atoms with Crippen molar-refractivity contribution in [3.8, 4) is 0 Å². The molecular weight excluding hydrogens is 230 g/mol. The fourth-order valence-corrected chi connectivity index (χ4v) is 0.763. The summed E-state index contributed by atoms with van der Waals surface area (Å²) in [6, 6.07) is 0. The van der Waals surface area contributed by atoms with E-state index < -0.39 is 18.0 Å². The molecule has 0 aliphatic carbocycles. The summed E-state index contributed by atoms with van der Waals surface area (Å²) in [6.45, 7) is 2.93. The average Bonchev–Trinajstić information content (AvgIpc) is 2.23. The number of amides is 1. The number of aliphatic carboxylic acids is 2. The summed E-state index contributed by atoms with van der Waals surface area (Å²) in [5.41, 5.74) is -0.131. The molecule has 0 fully saturated rings. The Bertz CT molecular complexity index is 371. The summed E-state index contributed by atoms with van der Waals surface area (Å²) in [5.74, 6) is -2.48. The Hall–Kier alpha value is -2.31. The third-order valence-electron chi connectivity index (χ3n) is 1.53. The maximum Gasteiger partial charge on any atom is 0.417 e. The van der Waals surface area contributed by atoms with E-state index in [0.29, 0.717) is 6.08 Å². The van der Waals surface area contributed by atoms with Gasteiger partial charge < -0.3 is 14.9 Å². The van der Waals surface area contributed by atoms with Crippen molar-refractivity contribution in [3.05, 3.63) is 24.0 Å². The molecule has 94 valence electrons. The van der Waals surface area contributed by atoms with Gasteiger partial charge in [-0.15, -0.1) is 0 Å². The van der Waals surface area contributed by atoms with E-state index in [-0.39, 0.29) is 12.2 Å². The van der Waals surface area contributed by atoms with E-state index in [1.54, 1.807) is 6.92 Å². The Morgan fingerprint density at radius 1 is 1.29 bits per heavy atom. The van der Waals surface area contributed by atoms with E-state index in [0.717, 1.165) is 17.3 Å². The van der Waals surface area contributed by atoms with Crippen LogP contribution in [0.15, 0.2) is 24.0 Å². The Morgan fingerprint density at radius 2 is 1.88 bits per heavy atom. The van der Waals surface area contributed by atoms with Crippen molar-refractivity contribution in [1.82, 2.24) is 4.90 Å². The van der Waals surface area contributed by atoms with Gasteiger partial charge in [0.05, 0.1) is 12.2 Å². The first-order valence-corrected chi connectivity index (χ1v) is 4.66. The smallest absolute Gasteiger partial charge is 0.417 e. The van der Waals surface area contributed by atoms with Gasteiger partial charge in [0.2, 0.25) is 0 Å². The summed E-state index contributed by atoms with van der Waals surface area (Å²) in [5, 5.41) is 17.0. The van der Waals surface area contributed by atoms with Crippen LogP contribution in [0.1, 0.15) is 13.8 Å². The van der Waals surface area contributed by atoms with Crippen LogP contribution >= 0.6 is 0 Å². The molecular formula is C10H13NO6. The lowest BCUT2D eigenvalue weighted by Crippen LogP contribution is -2.22. The SMILES string of the molecule is CCOC(=O)N(C=CC(=O)O)C=C(C)C(=O)O. The molecule has 0 unspecified atom stereocenters. The number of carboxylic acid groups (broad SMARTS) is 2. The lowest BCUT2D eigenvalue weighted by molar-refractivity contribution is -0.133. The molecule has 17 heavy (non-hydrogen) atoms. The molecule has 0 aromatic carbocycles. The molecule has 0 rings (SSSR count). The molecule has 0 radical (unpaired) electrons. The van der Waals surface area contributed by atoms with Gasteiger partial charge in [0, 0.05) is 18.5 Å². The van der Waals surface area contributed by atoms with E-state index in [2.05, 4.69) is 4.74 Å². The maximum atomic E-state index is 11.3. The van der Waals surface area contributed by atoms with Crippen LogP contribution in [0.2, 0.25) is 0 Å². The Balaban J connectivity index is 4.98. The van der Waals surface area contributed by atoms with Crippen LogP contribution in [0.4, 0.5) is 4.79 Å². The fourth-order valence-electron chi connectivity index (χ4n) is 0.763. The van der Waals surface area contributed by atoms with Crippen LogP contribution in [0, 0.1) is 0 Å². The van der Waals surface area contributed by atoms with Crippen LogP contribution < -0.4 is 0 Å². The highest BCUT2D eigenvalue weighted by Crippen LogP contribution is 2.02. The largest absolute Gasteiger partial charge is 0.478 e. The second kappa shape index (κ2) is 7.04. The predicted octanol–water partition coefficient (Wildman–Crippen LogP) is 1.03. The van der Waals surface area contributed by atoms with Crippen molar-refractivity contribution in [3.63, 3.8) is 0 Å². The summed E-state index contributed by atoms with van der Waals surface area (Å²) in [6.07, 6.45) is 1.72. The summed E-state index contributed by atoms with van der Waals surface area (Å²) in [7, 11) is 0. The van der Waals surface area contributed by atoms with Crippen molar-refractivity contribution in [2.45, 2.75) is 13.8 Å². The first-order valence-electron chi connectivity index (χ1n) is 4.66. The quantitative estimate of drug-likeness (QED) is 0.699. The second-order valence-corrected chi connectivity index (χ2v) is 2.88. The van der Waals surface area contributed by atoms with Gasteiger partial charge in [0.1, 0.15) is 0 Å². The molecule has 0 aliphatic rings. The highest BCUT2D eigenvalue weighted by molar-refractivity contribution is 5.87. The molecule has 0 saturated carbocycles. The average molecular weight is 243 g/mol. The Labute approximate surface area is 97.6 Å². The minimum atomic E-state index is -1.26. The van der Waals surface area contributed by atoms with Crippen LogP contribution in [0.5, 0.6) is 0 Å². The Morgan fingerprint density at radius 3 is 2.29 bits per heavy atom. The van der Waals surface area contributed by atoms with Gasteiger partial charge in [-0.05, 0) is 13.8 Å². The van der Waals surface area contributed by atoms with E-state index in [1.165, 1.54) is 6.92 Å². The van der Waals surface area contributed by atoms with Gasteiger partial charge >= 0.3 is 18.0 Å². The van der Waals surface area contributed by atoms with Crippen molar-refractivity contribution in [1.29, 1.82) is 0 Å².